The van der Waals surface area contributed by atoms with Crippen molar-refractivity contribution in [2.24, 2.45) is 0 Å². The Morgan fingerprint density at radius 2 is 2.07 bits per heavy atom. The molecule has 0 aliphatic rings. The molecule has 0 bridgehead atoms. The van der Waals surface area contributed by atoms with Crippen molar-refractivity contribution in [2.75, 3.05) is 26.4 Å². The van der Waals surface area contributed by atoms with E-state index >= 15 is 0 Å². The predicted molar refractivity (Wildman–Crippen MR) is 42.5 cm³/mol. The fourth-order valence-electron chi connectivity index (χ4n) is 0.601. The highest BCUT2D eigenvalue weighted by Gasteiger charge is 2.27. The Kier molecular flexibility index (Phi) is 6.81. The smallest absolute Gasteiger partial charge is 0.389 e. The minimum absolute atomic E-state index is 0.0683. The molecule has 0 aromatic rings. The molecule has 2 N–H and O–H groups in total. The summed E-state index contributed by atoms with van der Waals surface area (Å²) in [5.41, 5.74) is 2.00. The average molecular weight is 217 g/mol. The molecule has 0 aromatic carbocycles. The number of aliphatic hydroxyl groups is 1. The van der Waals surface area contributed by atoms with Gasteiger partial charge < -0.3 is 9.84 Å². The molecule has 0 rings (SSSR count). The number of hydrogen-bond acceptors (Lipinski definition) is 4. The fourth-order valence-corrected chi connectivity index (χ4v) is 0.601. The van der Waals surface area contributed by atoms with E-state index < -0.39 is 18.9 Å². The Morgan fingerprint density at radius 3 is 2.57 bits per heavy atom. The second-order valence-electron chi connectivity index (χ2n) is 2.57. The number of aliphatic hydroxyl groups excluding tert-OH is 1. The number of hydroxylamine groups is 1. The molecule has 1 atom stereocenters. The minimum atomic E-state index is -4.36. The zero-order valence-electron chi connectivity index (χ0n) is 7.80. The topological polar surface area (TPSA) is 50.7 Å². The van der Waals surface area contributed by atoms with Gasteiger partial charge in [0.05, 0.1) is 12.7 Å². The summed E-state index contributed by atoms with van der Waals surface area (Å²) in [5, 5.41) is 9.06. The zero-order chi connectivity index (χ0) is 11.0. The second kappa shape index (κ2) is 6.99. The maximum absolute atomic E-state index is 11.5. The van der Waals surface area contributed by atoms with Crippen molar-refractivity contribution in [3.8, 4) is 0 Å². The summed E-state index contributed by atoms with van der Waals surface area (Å²) < 4.78 is 39.4. The summed E-state index contributed by atoms with van der Waals surface area (Å²) in [6, 6.07) is 0. The van der Waals surface area contributed by atoms with Crippen LogP contribution in [0.4, 0.5) is 13.2 Å². The van der Waals surface area contributed by atoms with Crippen LogP contribution < -0.4 is 5.48 Å². The highest BCUT2D eigenvalue weighted by atomic mass is 19.4. The summed E-state index contributed by atoms with van der Waals surface area (Å²) in [6.07, 6.45) is -5.24. The van der Waals surface area contributed by atoms with E-state index in [1.165, 1.54) is 0 Å². The van der Waals surface area contributed by atoms with Crippen molar-refractivity contribution in [1.82, 2.24) is 5.48 Å². The lowest BCUT2D eigenvalue weighted by atomic mass is 10.4. The van der Waals surface area contributed by atoms with Gasteiger partial charge in [0, 0.05) is 13.2 Å². The van der Waals surface area contributed by atoms with Gasteiger partial charge in [-0.2, -0.15) is 18.7 Å². The van der Waals surface area contributed by atoms with Gasteiger partial charge >= 0.3 is 6.18 Å². The summed E-state index contributed by atoms with van der Waals surface area (Å²) in [5.74, 6) is 0. The molecule has 0 aliphatic heterocycles. The normalized spacial score (nSPS) is 14.4. The molecule has 0 fully saturated rings. The zero-order valence-corrected chi connectivity index (χ0v) is 7.80. The minimum Gasteiger partial charge on any atom is -0.389 e. The highest BCUT2D eigenvalue weighted by Crippen LogP contribution is 2.13. The highest BCUT2D eigenvalue weighted by molar-refractivity contribution is 4.53. The van der Waals surface area contributed by atoms with E-state index in [2.05, 4.69) is 4.84 Å². The molecular formula is C7H14F3NO3. The Balaban J connectivity index is 3.27. The van der Waals surface area contributed by atoms with Crippen LogP contribution in [0.2, 0.25) is 0 Å². The van der Waals surface area contributed by atoms with E-state index in [0.29, 0.717) is 6.61 Å². The summed E-state index contributed by atoms with van der Waals surface area (Å²) >= 11 is 0. The quantitative estimate of drug-likeness (QED) is 0.480. The first-order valence-corrected chi connectivity index (χ1v) is 4.13. The van der Waals surface area contributed by atoms with Crippen LogP contribution in [0, 0.1) is 0 Å². The van der Waals surface area contributed by atoms with Gasteiger partial charge in [-0.3, -0.25) is 4.84 Å². The van der Waals surface area contributed by atoms with E-state index in [0.717, 1.165) is 0 Å². The molecule has 0 aromatic heterocycles. The standard InChI is InChI=1S/C7H14F3NO3/c1-2-13-4-6(12)3-11-14-5-7(8,9)10/h6,11-12H,2-5H2,1H3. The maximum atomic E-state index is 11.5. The monoisotopic (exact) mass is 217 g/mol. The number of alkyl halides is 3. The molecule has 0 saturated carbocycles. The van der Waals surface area contributed by atoms with Gasteiger partial charge in [0.25, 0.3) is 0 Å². The molecule has 0 radical (unpaired) electrons. The number of halogens is 3. The van der Waals surface area contributed by atoms with Crippen molar-refractivity contribution in [2.45, 2.75) is 19.2 Å². The number of nitrogens with one attached hydrogen (secondary N) is 1. The van der Waals surface area contributed by atoms with Crippen molar-refractivity contribution in [1.29, 1.82) is 0 Å². The number of rotatable bonds is 7. The summed E-state index contributed by atoms with van der Waals surface area (Å²) in [7, 11) is 0. The first-order valence-electron chi connectivity index (χ1n) is 4.13. The third-order valence-corrected chi connectivity index (χ3v) is 1.17. The molecular weight excluding hydrogens is 203 g/mol. The molecule has 1 unspecified atom stereocenters. The van der Waals surface area contributed by atoms with E-state index in [9.17, 15) is 13.2 Å². The molecule has 86 valence electrons. The predicted octanol–water partition coefficient (Wildman–Crippen LogP) is 0.467. The van der Waals surface area contributed by atoms with Gasteiger partial charge in [0.2, 0.25) is 0 Å². The Morgan fingerprint density at radius 1 is 1.43 bits per heavy atom. The Labute approximate surface area is 80.0 Å². The SMILES string of the molecule is CCOCC(O)CNOCC(F)(F)F. The fraction of sp³-hybridized carbons (Fsp3) is 1.00. The third kappa shape index (κ3) is 9.72. The molecule has 0 spiro atoms. The van der Waals surface area contributed by atoms with Gasteiger partial charge in [0.1, 0.15) is 0 Å². The van der Waals surface area contributed by atoms with Crippen LogP contribution in [0.15, 0.2) is 0 Å². The van der Waals surface area contributed by atoms with E-state index in [1.807, 2.05) is 5.48 Å². The Hall–Kier alpha value is -0.370. The lowest BCUT2D eigenvalue weighted by Gasteiger charge is -2.12. The molecule has 0 heterocycles. The molecule has 7 heteroatoms. The van der Waals surface area contributed by atoms with Crippen LogP contribution >= 0.6 is 0 Å². The molecule has 4 nitrogen and oxygen atoms in total. The lowest BCUT2D eigenvalue weighted by Crippen LogP contribution is -2.33. The number of ether oxygens (including phenoxy) is 1. The van der Waals surface area contributed by atoms with Crippen molar-refractivity contribution >= 4 is 0 Å². The van der Waals surface area contributed by atoms with Crippen molar-refractivity contribution in [3.63, 3.8) is 0 Å². The average Bonchev–Trinajstić information content (AvgIpc) is 2.07. The lowest BCUT2D eigenvalue weighted by molar-refractivity contribution is -0.191. The van der Waals surface area contributed by atoms with Gasteiger partial charge in [0.15, 0.2) is 6.61 Å². The summed E-state index contributed by atoms with van der Waals surface area (Å²) in [4.78, 5) is 4.06. The van der Waals surface area contributed by atoms with Gasteiger partial charge in [-0.1, -0.05) is 0 Å². The van der Waals surface area contributed by atoms with Gasteiger partial charge in [-0.15, -0.1) is 0 Å². The van der Waals surface area contributed by atoms with Crippen LogP contribution in [-0.2, 0) is 9.57 Å². The molecule has 0 aliphatic carbocycles. The molecule has 14 heavy (non-hydrogen) atoms. The second-order valence-corrected chi connectivity index (χ2v) is 2.57. The summed E-state index contributed by atoms with van der Waals surface area (Å²) in [6.45, 7) is 0.782. The van der Waals surface area contributed by atoms with E-state index in [1.54, 1.807) is 6.92 Å². The first-order chi connectivity index (χ1) is 6.45. The van der Waals surface area contributed by atoms with E-state index in [-0.39, 0.29) is 13.2 Å². The van der Waals surface area contributed by atoms with Crippen LogP contribution in [-0.4, -0.2) is 43.8 Å². The van der Waals surface area contributed by atoms with Crippen LogP contribution in [0.1, 0.15) is 6.92 Å². The Bertz CT molecular complexity index is 143. The molecule has 0 saturated heterocycles. The van der Waals surface area contributed by atoms with Crippen molar-refractivity contribution in [3.05, 3.63) is 0 Å². The molecule has 0 amide bonds. The van der Waals surface area contributed by atoms with Gasteiger partial charge in [-0.25, -0.2) is 0 Å². The van der Waals surface area contributed by atoms with Crippen molar-refractivity contribution < 1.29 is 27.9 Å². The third-order valence-electron chi connectivity index (χ3n) is 1.17. The largest absolute Gasteiger partial charge is 0.413 e. The van der Waals surface area contributed by atoms with Crippen LogP contribution in [0.5, 0.6) is 0 Å². The maximum Gasteiger partial charge on any atom is 0.413 e. The van der Waals surface area contributed by atoms with Crippen LogP contribution in [0.3, 0.4) is 0 Å². The number of hydrogen-bond donors (Lipinski definition) is 2. The first kappa shape index (κ1) is 13.6. The van der Waals surface area contributed by atoms with E-state index in [4.69, 9.17) is 9.84 Å². The van der Waals surface area contributed by atoms with Gasteiger partial charge in [-0.05, 0) is 6.92 Å². The van der Waals surface area contributed by atoms with Crippen LogP contribution in [0.25, 0.3) is 0 Å².